The first-order valence-corrected chi connectivity index (χ1v) is 19.3. The zero-order valence-corrected chi connectivity index (χ0v) is 30.5. The molecule has 2 aromatic heterocycles. The minimum atomic E-state index is 0.837. The minimum absolute atomic E-state index is 0.837. The average molecular weight is 721 g/mol. The van der Waals surface area contributed by atoms with Crippen molar-refractivity contribution in [3.63, 3.8) is 0 Å². The average Bonchev–Trinajstić information content (AvgIpc) is 3.86. The highest BCUT2D eigenvalue weighted by atomic mass is 32.1. The summed E-state index contributed by atoms with van der Waals surface area (Å²) in [5.41, 5.74) is 11.7. The lowest BCUT2D eigenvalue weighted by atomic mass is 10.0. The maximum atomic E-state index is 6.68. The van der Waals surface area contributed by atoms with Crippen LogP contribution < -0.4 is 4.90 Å². The van der Waals surface area contributed by atoms with Gasteiger partial charge >= 0.3 is 0 Å². The molecule has 0 aliphatic rings. The fourth-order valence-electron chi connectivity index (χ4n) is 7.98. The van der Waals surface area contributed by atoms with Gasteiger partial charge in [-0.2, -0.15) is 0 Å². The van der Waals surface area contributed by atoms with Crippen LogP contribution >= 0.6 is 11.3 Å². The monoisotopic (exact) mass is 720 g/mol. The van der Waals surface area contributed by atoms with Crippen LogP contribution in [0.1, 0.15) is 0 Å². The second-order valence-corrected chi connectivity index (χ2v) is 15.0. The van der Waals surface area contributed by atoms with Gasteiger partial charge in [0.05, 0.1) is 10.2 Å². The molecule has 258 valence electrons. The van der Waals surface area contributed by atoms with Crippen molar-refractivity contribution < 1.29 is 4.42 Å². The van der Waals surface area contributed by atoms with Gasteiger partial charge in [0.25, 0.3) is 0 Å². The maximum Gasteiger partial charge on any atom is 0.137 e. The number of thiazole rings is 1. The topological polar surface area (TPSA) is 29.3 Å². The molecular formula is C51H32N2OS. The molecule has 55 heavy (non-hydrogen) atoms. The third kappa shape index (κ3) is 5.46. The number of fused-ring (bicyclic) bond motifs is 7. The zero-order valence-electron chi connectivity index (χ0n) is 29.7. The molecule has 0 saturated heterocycles. The van der Waals surface area contributed by atoms with Gasteiger partial charge in [0.1, 0.15) is 16.2 Å². The third-order valence-electron chi connectivity index (χ3n) is 10.7. The van der Waals surface area contributed by atoms with Gasteiger partial charge in [-0.1, -0.05) is 133 Å². The fraction of sp³-hybridized carbons (Fsp3) is 0. The Hall–Kier alpha value is -7.01. The Morgan fingerprint density at radius 2 is 1.09 bits per heavy atom. The molecule has 9 aromatic carbocycles. The van der Waals surface area contributed by atoms with Crippen LogP contribution in [0.4, 0.5) is 17.1 Å². The molecule has 0 N–H and O–H groups in total. The smallest absolute Gasteiger partial charge is 0.137 e. The number of rotatable bonds is 6. The van der Waals surface area contributed by atoms with Crippen molar-refractivity contribution in [2.24, 2.45) is 0 Å². The SMILES string of the molecule is c1ccc(-c2cccc(N(c3ccc(-c4ccc5ccccc5c4)cc3)c3ccc4c(c3)oc3cccc(-c5nc6c(ccc7ccccc76)s5)c34)c2)cc1. The van der Waals surface area contributed by atoms with E-state index in [1.54, 1.807) is 11.3 Å². The molecule has 3 nitrogen and oxygen atoms in total. The van der Waals surface area contributed by atoms with Crippen molar-refractivity contribution in [3.8, 4) is 32.8 Å². The molecule has 0 atom stereocenters. The minimum Gasteiger partial charge on any atom is -0.456 e. The van der Waals surface area contributed by atoms with Crippen LogP contribution in [0.2, 0.25) is 0 Å². The summed E-state index contributed by atoms with van der Waals surface area (Å²) in [5, 5.41) is 8.02. The summed E-state index contributed by atoms with van der Waals surface area (Å²) < 4.78 is 7.86. The predicted molar refractivity (Wildman–Crippen MR) is 233 cm³/mol. The number of hydrogen-bond acceptors (Lipinski definition) is 4. The lowest BCUT2D eigenvalue weighted by Crippen LogP contribution is -2.10. The van der Waals surface area contributed by atoms with E-state index >= 15 is 0 Å². The van der Waals surface area contributed by atoms with Crippen LogP contribution in [0.25, 0.3) is 86.5 Å². The Kier molecular flexibility index (Phi) is 7.35. The molecule has 0 aliphatic heterocycles. The summed E-state index contributed by atoms with van der Waals surface area (Å²) in [5.74, 6) is 0. The van der Waals surface area contributed by atoms with Crippen LogP contribution in [-0.2, 0) is 0 Å². The van der Waals surface area contributed by atoms with Crippen molar-refractivity contribution in [1.29, 1.82) is 0 Å². The molecule has 0 radical (unpaired) electrons. The summed E-state index contributed by atoms with van der Waals surface area (Å²) >= 11 is 1.73. The first-order chi connectivity index (χ1) is 27.2. The molecule has 0 amide bonds. The highest BCUT2D eigenvalue weighted by Crippen LogP contribution is 2.44. The summed E-state index contributed by atoms with van der Waals surface area (Å²) in [7, 11) is 0. The van der Waals surface area contributed by atoms with Gasteiger partial charge < -0.3 is 9.32 Å². The van der Waals surface area contributed by atoms with Crippen molar-refractivity contribution >= 4 is 82.1 Å². The zero-order chi connectivity index (χ0) is 36.3. The van der Waals surface area contributed by atoms with Crippen LogP contribution in [0.5, 0.6) is 0 Å². The molecule has 2 heterocycles. The second-order valence-electron chi connectivity index (χ2n) is 14.0. The van der Waals surface area contributed by atoms with E-state index < -0.39 is 0 Å². The van der Waals surface area contributed by atoms with E-state index in [0.29, 0.717) is 0 Å². The fourth-order valence-corrected chi connectivity index (χ4v) is 9.00. The molecular weight excluding hydrogens is 689 g/mol. The summed E-state index contributed by atoms with van der Waals surface area (Å²) in [6.07, 6.45) is 0. The number of nitrogens with zero attached hydrogens (tertiary/aromatic N) is 2. The lowest BCUT2D eigenvalue weighted by Gasteiger charge is -2.26. The Morgan fingerprint density at radius 3 is 1.98 bits per heavy atom. The van der Waals surface area contributed by atoms with Gasteiger partial charge in [-0.05, 0) is 93.0 Å². The molecule has 4 heteroatoms. The molecule has 0 unspecified atom stereocenters. The van der Waals surface area contributed by atoms with Crippen LogP contribution in [0.15, 0.2) is 199 Å². The van der Waals surface area contributed by atoms with Gasteiger partial charge in [0.15, 0.2) is 0 Å². The van der Waals surface area contributed by atoms with E-state index in [1.165, 1.54) is 42.9 Å². The van der Waals surface area contributed by atoms with E-state index in [-0.39, 0.29) is 0 Å². The Morgan fingerprint density at radius 1 is 0.418 bits per heavy atom. The third-order valence-corrected chi connectivity index (χ3v) is 11.7. The highest BCUT2D eigenvalue weighted by molar-refractivity contribution is 7.21. The van der Waals surface area contributed by atoms with Gasteiger partial charge in [-0.15, -0.1) is 11.3 Å². The van der Waals surface area contributed by atoms with E-state index in [2.05, 4.69) is 199 Å². The van der Waals surface area contributed by atoms with Crippen molar-refractivity contribution in [2.45, 2.75) is 0 Å². The summed E-state index contributed by atoms with van der Waals surface area (Å²) in [4.78, 5) is 7.54. The predicted octanol–water partition coefficient (Wildman–Crippen LogP) is 15.0. The summed E-state index contributed by atoms with van der Waals surface area (Å²) in [6, 6.07) is 69.2. The number of furan rings is 1. The molecule has 0 saturated carbocycles. The number of aromatic nitrogens is 1. The number of benzene rings is 9. The largest absolute Gasteiger partial charge is 0.456 e. The van der Waals surface area contributed by atoms with E-state index in [4.69, 9.17) is 9.40 Å². The first kappa shape index (κ1) is 31.5. The summed E-state index contributed by atoms with van der Waals surface area (Å²) in [6.45, 7) is 0. The Labute approximate surface area is 322 Å². The Bertz CT molecular complexity index is 3210. The second kappa shape index (κ2) is 12.8. The van der Waals surface area contributed by atoms with E-state index in [1.807, 2.05) is 0 Å². The van der Waals surface area contributed by atoms with Gasteiger partial charge in [0, 0.05) is 44.9 Å². The number of anilines is 3. The highest BCUT2D eigenvalue weighted by Gasteiger charge is 2.20. The van der Waals surface area contributed by atoms with E-state index in [9.17, 15) is 0 Å². The molecule has 11 aromatic rings. The van der Waals surface area contributed by atoms with Gasteiger partial charge in [-0.25, -0.2) is 4.98 Å². The molecule has 0 aliphatic carbocycles. The van der Waals surface area contributed by atoms with Gasteiger partial charge in [0.2, 0.25) is 0 Å². The van der Waals surface area contributed by atoms with Gasteiger partial charge in [-0.3, -0.25) is 0 Å². The standard InChI is InChI=1S/C51H32N2OS/c1-2-10-33(11-3-1)38-15-8-16-41(31-38)53(40-25-22-35(23-26-40)39-21-20-34-12-4-5-14-37(34)30-39)42-27-28-44-47(32-42)54-46-19-9-18-45(49(44)46)51-52-50-43-17-7-6-13-36(43)24-29-48(50)55-51/h1-32H. The van der Waals surface area contributed by atoms with Crippen molar-refractivity contribution in [3.05, 3.63) is 194 Å². The Balaban J connectivity index is 1.04. The van der Waals surface area contributed by atoms with Crippen LogP contribution in [0.3, 0.4) is 0 Å². The van der Waals surface area contributed by atoms with Crippen molar-refractivity contribution in [1.82, 2.24) is 4.98 Å². The van der Waals surface area contributed by atoms with Crippen LogP contribution in [0, 0.1) is 0 Å². The molecule has 0 bridgehead atoms. The lowest BCUT2D eigenvalue weighted by molar-refractivity contribution is 0.669. The molecule has 0 spiro atoms. The van der Waals surface area contributed by atoms with Crippen LogP contribution in [-0.4, -0.2) is 4.98 Å². The van der Waals surface area contributed by atoms with Crippen molar-refractivity contribution in [2.75, 3.05) is 4.90 Å². The maximum absolute atomic E-state index is 6.68. The molecule has 11 rings (SSSR count). The quantitative estimate of drug-likeness (QED) is 0.171. The molecule has 0 fully saturated rings. The number of hydrogen-bond donors (Lipinski definition) is 0. The first-order valence-electron chi connectivity index (χ1n) is 18.5. The normalized spacial score (nSPS) is 11.6. The van der Waals surface area contributed by atoms with E-state index in [0.717, 1.165) is 60.7 Å².